The molecule has 0 spiro atoms. The van der Waals surface area contributed by atoms with E-state index in [-0.39, 0.29) is 0 Å². The standard InChI is InChI=1S/C21H18N4O3/c1-14-6-2-3-7-17(14)21(27)28-25-16-12-10-15(11-13-16)23-24-20(26)18-8-4-5-9-19(18)22/h2-13,25H,22H2,1H3. The molecule has 7 heteroatoms. The molecule has 0 unspecified atom stereocenters. The first-order chi connectivity index (χ1) is 13.5. The summed E-state index contributed by atoms with van der Waals surface area (Å²) in [4.78, 5) is 29.2. The van der Waals surface area contributed by atoms with Crippen molar-refractivity contribution in [3.05, 3.63) is 89.5 Å². The zero-order valence-corrected chi connectivity index (χ0v) is 15.1. The van der Waals surface area contributed by atoms with Crippen LogP contribution < -0.4 is 11.2 Å². The molecule has 3 aromatic rings. The van der Waals surface area contributed by atoms with Gasteiger partial charge in [0.05, 0.1) is 22.5 Å². The van der Waals surface area contributed by atoms with Crippen LogP contribution in [0.4, 0.5) is 17.1 Å². The maximum atomic E-state index is 12.1. The number of aryl methyl sites for hydroxylation is 1. The van der Waals surface area contributed by atoms with Gasteiger partial charge < -0.3 is 10.6 Å². The lowest BCUT2D eigenvalue weighted by atomic mass is 10.1. The van der Waals surface area contributed by atoms with Crippen molar-refractivity contribution in [1.29, 1.82) is 0 Å². The summed E-state index contributed by atoms with van der Waals surface area (Å²) < 4.78 is 0. The lowest BCUT2D eigenvalue weighted by Crippen LogP contribution is -2.11. The van der Waals surface area contributed by atoms with Gasteiger partial charge >= 0.3 is 5.97 Å². The second-order valence-corrected chi connectivity index (χ2v) is 5.95. The number of carbonyl (C=O) groups is 2. The smallest absolute Gasteiger partial charge is 0.363 e. The van der Waals surface area contributed by atoms with Gasteiger partial charge in [-0.15, -0.1) is 10.2 Å². The van der Waals surface area contributed by atoms with Crippen LogP contribution in [0.5, 0.6) is 0 Å². The molecule has 140 valence electrons. The minimum absolute atomic E-state index is 0.299. The van der Waals surface area contributed by atoms with Gasteiger partial charge in [-0.05, 0) is 55.0 Å². The molecule has 3 aromatic carbocycles. The van der Waals surface area contributed by atoms with Crippen molar-refractivity contribution in [3.63, 3.8) is 0 Å². The van der Waals surface area contributed by atoms with E-state index < -0.39 is 11.9 Å². The highest BCUT2D eigenvalue weighted by atomic mass is 16.7. The number of hydrogen-bond acceptors (Lipinski definition) is 6. The van der Waals surface area contributed by atoms with Crippen LogP contribution in [0.3, 0.4) is 0 Å². The number of nitrogens with zero attached hydrogens (tertiary/aromatic N) is 2. The monoisotopic (exact) mass is 374 g/mol. The van der Waals surface area contributed by atoms with Gasteiger partial charge in [0.25, 0.3) is 5.91 Å². The molecule has 1 amide bonds. The Morgan fingerprint density at radius 3 is 2.21 bits per heavy atom. The fourth-order valence-electron chi connectivity index (χ4n) is 2.41. The van der Waals surface area contributed by atoms with Crippen LogP contribution in [0.15, 0.2) is 83.0 Å². The van der Waals surface area contributed by atoms with E-state index in [4.69, 9.17) is 10.6 Å². The SMILES string of the molecule is Cc1ccccc1C(=O)ONc1ccc(N=NC(=O)c2ccccc2N)cc1. The Labute approximate surface area is 161 Å². The summed E-state index contributed by atoms with van der Waals surface area (Å²) in [7, 11) is 0. The van der Waals surface area contributed by atoms with Gasteiger partial charge in [0.2, 0.25) is 0 Å². The first-order valence-electron chi connectivity index (χ1n) is 8.48. The molecule has 3 N–H and O–H groups in total. The Morgan fingerprint density at radius 1 is 0.893 bits per heavy atom. The molecule has 28 heavy (non-hydrogen) atoms. The third-order valence-electron chi connectivity index (χ3n) is 3.94. The number of nitrogen functional groups attached to an aromatic ring is 1. The molecule has 0 atom stereocenters. The van der Waals surface area contributed by atoms with Gasteiger partial charge in [-0.2, -0.15) is 0 Å². The Bertz CT molecular complexity index is 1030. The maximum absolute atomic E-state index is 12.1. The number of benzene rings is 3. The minimum Gasteiger partial charge on any atom is -0.398 e. The second kappa shape index (κ2) is 8.59. The highest BCUT2D eigenvalue weighted by Crippen LogP contribution is 2.19. The molecule has 0 aliphatic rings. The predicted octanol–water partition coefficient (Wildman–Crippen LogP) is 4.69. The third kappa shape index (κ3) is 4.59. The lowest BCUT2D eigenvalue weighted by Gasteiger charge is -2.08. The Kier molecular flexibility index (Phi) is 5.76. The molecule has 7 nitrogen and oxygen atoms in total. The first-order valence-corrected chi connectivity index (χ1v) is 8.48. The summed E-state index contributed by atoms with van der Waals surface area (Å²) in [5.74, 6) is -1.000. The highest BCUT2D eigenvalue weighted by Gasteiger charge is 2.10. The Balaban J connectivity index is 1.59. The van der Waals surface area contributed by atoms with Crippen molar-refractivity contribution in [1.82, 2.24) is 0 Å². The van der Waals surface area contributed by atoms with Gasteiger partial charge in [-0.3, -0.25) is 4.79 Å². The molecule has 3 rings (SSSR count). The number of rotatable bonds is 5. The van der Waals surface area contributed by atoms with Gasteiger partial charge in [-0.1, -0.05) is 30.3 Å². The van der Waals surface area contributed by atoms with Crippen LogP contribution in [0.1, 0.15) is 26.3 Å². The average Bonchev–Trinajstić information content (AvgIpc) is 2.71. The van der Waals surface area contributed by atoms with E-state index in [1.54, 1.807) is 60.7 Å². The number of nitrogens with two attached hydrogens (primary N) is 1. The second-order valence-electron chi connectivity index (χ2n) is 5.95. The fourth-order valence-corrected chi connectivity index (χ4v) is 2.41. The molecule has 0 aliphatic carbocycles. The van der Waals surface area contributed by atoms with E-state index in [9.17, 15) is 9.59 Å². The number of nitrogens with one attached hydrogen (secondary N) is 1. The van der Waals surface area contributed by atoms with E-state index >= 15 is 0 Å². The summed E-state index contributed by atoms with van der Waals surface area (Å²) in [5, 5.41) is 7.58. The summed E-state index contributed by atoms with van der Waals surface area (Å²) in [5.41, 5.74) is 11.3. The van der Waals surface area contributed by atoms with Crippen LogP contribution in [0.25, 0.3) is 0 Å². The highest BCUT2D eigenvalue weighted by molar-refractivity contribution is 5.99. The number of azo groups is 1. The Hall–Kier alpha value is -4.00. The van der Waals surface area contributed by atoms with Crippen molar-refractivity contribution in [3.8, 4) is 0 Å². The van der Waals surface area contributed by atoms with Gasteiger partial charge in [0, 0.05) is 5.69 Å². The van der Waals surface area contributed by atoms with Gasteiger partial charge in [0.1, 0.15) is 0 Å². The summed E-state index contributed by atoms with van der Waals surface area (Å²) in [6.07, 6.45) is 0. The van der Waals surface area contributed by atoms with Crippen LogP contribution in [0.2, 0.25) is 0 Å². The molecule has 0 radical (unpaired) electrons. The lowest BCUT2D eigenvalue weighted by molar-refractivity contribution is 0.0595. The van der Waals surface area contributed by atoms with Crippen molar-refractivity contribution in [2.24, 2.45) is 10.2 Å². The third-order valence-corrected chi connectivity index (χ3v) is 3.94. The molecule has 0 aromatic heterocycles. The number of carbonyl (C=O) groups excluding carboxylic acids is 2. The van der Waals surface area contributed by atoms with Crippen LogP contribution >= 0.6 is 0 Å². The molecule has 0 bridgehead atoms. The minimum atomic E-state index is -0.521. The molecule has 0 saturated carbocycles. The molecular weight excluding hydrogens is 356 g/mol. The van der Waals surface area contributed by atoms with Crippen molar-refractivity contribution in [2.45, 2.75) is 6.92 Å². The number of amides is 1. The zero-order valence-electron chi connectivity index (χ0n) is 15.1. The number of hydrogen-bond donors (Lipinski definition) is 2. The fraction of sp³-hybridized carbons (Fsp3) is 0.0476. The molecular formula is C21H18N4O3. The molecule has 0 heterocycles. The van der Waals surface area contributed by atoms with Gasteiger partial charge in [-0.25, -0.2) is 10.3 Å². The normalized spacial score (nSPS) is 10.6. The topological polar surface area (TPSA) is 106 Å². The molecule has 0 saturated heterocycles. The van der Waals surface area contributed by atoms with E-state index in [1.165, 1.54) is 0 Å². The van der Waals surface area contributed by atoms with Crippen molar-refractivity contribution in [2.75, 3.05) is 11.2 Å². The van der Waals surface area contributed by atoms with E-state index in [0.29, 0.717) is 28.2 Å². The van der Waals surface area contributed by atoms with Crippen LogP contribution in [-0.4, -0.2) is 11.9 Å². The van der Waals surface area contributed by atoms with Gasteiger partial charge in [0.15, 0.2) is 0 Å². The van der Waals surface area contributed by atoms with Crippen LogP contribution in [-0.2, 0) is 4.84 Å². The van der Waals surface area contributed by atoms with E-state index in [2.05, 4.69) is 15.7 Å². The van der Waals surface area contributed by atoms with Crippen molar-refractivity contribution >= 4 is 28.9 Å². The number of para-hydroxylation sites is 1. The number of anilines is 2. The predicted molar refractivity (Wildman–Crippen MR) is 106 cm³/mol. The Morgan fingerprint density at radius 2 is 1.54 bits per heavy atom. The van der Waals surface area contributed by atoms with Crippen LogP contribution in [0, 0.1) is 6.92 Å². The summed E-state index contributed by atoms with van der Waals surface area (Å²) >= 11 is 0. The maximum Gasteiger partial charge on any atom is 0.363 e. The van der Waals surface area contributed by atoms with E-state index in [0.717, 1.165) is 5.56 Å². The summed E-state index contributed by atoms with van der Waals surface area (Å²) in [6.45, 7) is 1.83. The zero-order chi connectivity index (χ0) is 19.9. The van der Waals surface area contributed by atoms with Crippen molar-refractivity contribution < 1.29 is 14.4 Å². The first kappa shape index (κ1) is 18.8. The largest absolute Gasteiger partial charge is 0.398 e. The molecule has 0 aliphatic heterocycles. The quantitative estimate of drug-likeness (QED) is 0.383. The molecule has 0 fully saturated rings. The average molecular weight is 374 g/mol. The summed E-state index contributed by atoms with van der Waals surface area (Å²) in [6, 6.07) is 20.4. The van der Waals surface area contributed by atoms with E-state index in [1.807, 2.05) is 19.1 Å².